The summed E-state index contributed by atoms with van der Waals surface area (Å²) in [5.74, 6) is -0.0214. The topological polar surface area (TPSA) is 113 Å². The third-order valence-corrected chi connectivity index (χ3v) is 9.54. The molecule has 1 amide bonds. The van der Waals surface area contributed by atoms with Gasteiger partial charge in [0, 0.05) is 48.7 Å². The highest BCUT2D eigenvalue weighted by Crippen LogP contribution is 2.36. The third-order valence-electron chi connectivity index (χ3n) is 7.01. The van der Waals surface area contributed by atoms with Crippen LogP contribution >= 0.6 is 11.3 Å². The van der Waals surface area contributed by atoms with E-state index in [1.165, 1.54) is 10.7 Å². The van der Waals surface area contributed by atoms with Crippen LogP contribution in [0, 0.1) is 5.92 Å². The molecular formula is C23H29F2N7O3S2. The Morgan fingerprint density at radius 2 is 1.84 bits per heavy atom. The lowest BCUT2D eigenvalue weighted by Gasteiger charge is -2.39. The molecule has 2 fully saturated rings. The van der Waals surface area contributed by atoms with Gasteiger partial charge in [0.15, 0.2) is 5.01 Å². The van der Waals surface area contributed by atoms with Gasteiger partial charge in [0.1, 0.15) is 0 Å². The molecule has 0 atom stereocenters. The van der Waals surface area contributed by atoms with Crippen molar-refractivity contribution in [3.63, 3.8) is 0 Å². The number of carbonyl (C=O) groups is 1. The normalized spacial score (nSPS) is 18.1. The van der Waals surface area contributed by atoms with E-state index >= 15 is 0 Å². The van der Waals surface area contributed by atoms with Gasteiger partial charge in [-0.15, -0.1) is 10.2 Å². The van der Waals surface area contributed by atoms with Crippen LogP contribution in [0.15, 0.2) is 23.2 Å². The van der Waals surface area contributed by atoms with Gasteiger partial charge in [0.25, 0.3) is 6.43 Å². The molecule has 37 heavy (non-hydrogen) atoms. The van der Waals surface area contributed by atoms with E-state index in [1.807, 2.05) is 30.6 Å². The number of fused-ring (bicyclic) bond motifs is 1. The largest absolute Gasteiger partial charge is 0.367 e. The summed E-state index contributed by atoms with van der Waals surface area (Å²) in [6.45, 7) is 7.66. The molecule has 1 saturated heterocycles. The Morgan fingerprint density at radius 1 is 1.14 bits per heavy atom. The van der Waals surface area contributed by atoms with Crippen LogP contribution in [0.3, 0.4) is 0 Å². The molecule has 5 rings (SSSR count). The van der Waals surface area contributed by atoms with Crippen molar-refractivity contribution in [2.75, 3.05) is 31.1 Å². The van der Waals surface area contributed by atoms with Crippen LogP contribution in [0.4, 0.5) is 14.5 Å². The number of halogens is 2. The molecule has 1 saturated carbocycles. The molecule has 1 aliphatic heterocycles. The smallest absolute Gasteiger partial charge is 0.291 e. The Bertz CT molecular complexity index is 1430. The molecule has 1 N–H and O–H groups in total. The van der Waals surface area contributed by atoms with Crippen molar-refractivity contribution in [1.82, 2.24) is 29.6 Å². The summed E-state index contributed by atoms with van der Waals surface area (Å²) in [4.78, 5) is 16.4. The second kappa shape index (κ2) is 9.55. The lowest BCUT2D eigenvalue weighted by molar-refractivity contribution is -0.134. The van der Waals surface area contributed by atoms with Gasteiger partial charge in [0.2, 0.25) is 21.1 Å². The van der Waals surface area contributed by atoms with Crippen molar-refractivity contribution in [3.05, 3.63) is 23.3 Å². The van der Waals surface area contributed by atoms with E-state index in [4.69, 9.17) is 0 Å². The first kappa shape index (κ1) is 25.9. The van der Waals surface area contributed by atoms with Crippen LogP contribution in [-0.4, -0.2) is 70.9 Å². The predicted molar refractivity (Wildman–Crippen MR) is 136 cm³/mol. The van der Waals surface area contributed by atoms with Crippen LogP contribution in [-0.2, 0) is 14.8 Å². The van der Waals surface area contributed by atoms with Crippen LogP contribution in [0.25, 0.3) is 16.0 Å². The minimum atomic E-state index is -3.89. The van der Waals surface area contributed by atoms with E-state index in [-0.39, 0.29) is 21.9 Å². The molecule has 10 nitrogen and oxygen atoms in total. The molecule has 0 radical (unpaired) electrons. The maximum atomic E-state index is 13.5. The van der Waals surface area contributed by atoms with Gasteiger partial charge >= 0.3 is 0 Å². The molecule has 200 valence electrons. The Hall–Kier alpha value is -2.71. The first-order valence-electron chi connectivity index (χ1n) is 12.2. The van der Waals surface area contributed by atoms with E-state index in [0.717, 1.165) is 19.3 Å². The minimum Gasteiger partial charge on any atom is -0.367 e. The Balaban J connectivity index is 1.57. The first-order valence-corrected chi connectivity index (χ1v) is 14.5. The maximum Gasteiger partial charge on any atom is 0.291 e. The van der Waals surface area contributed by atoms with Gasteiger partial charge in [-0.05, 0) is 38.3 Å². The molecule has 3 heterocycles. The average molecular weight is 554 g/mol. The number of amides is 1. The van der Waals surface area contributed by atoms with Gasteiger partial charge in [-0.2, -0.15) is 5.10 Å². The van der Waals surface area contributed by atoms with Crippen molar-refractivity contribution < 1.29 is 22.0 Å². The summed E-state index contributed by atoms with van der Waals surface area (Å²) in [5, 5.41) is 12.1. The lowest BCUT2D eigenvalue weighted by Crippen LogP contribution is -2.51. The first-order chi connectivity index (χ1) is 17.5. The van der Waals surface area contributed by atoms with Gasteiger partial charge in [0.05, 0.1) is 16.6 Å². The molecular weight excluding hydrogens is 524 g/mol. The summed E-state index contributed by atoms with van der Waals surface area (Å²) in [6.07, 6.45) is 1.28. The lowest BCUT2D eigenvalue weighted by atomic mass is 9.80. The van der Waals surface area contributed by atoms with Crippen molar-refractivity contribution in [3.8, 4) is 5.13 Å². The number of piperazine rings is 1. The molecule has 0 spiro atoms. The van der Waals surface area contributed by atoms with E-state index in [0.29, 0.717) is 54.1 Å². The third kappa shape index (κ3) is 4.93. The monoisotopic (exact) mass is 553 g/mol. The Labute approximate surface area is 217 Å². The summed E-state index contributed by atoms with van der Waals surface area (Å²) < 4.78 is 57.4. The van der Waals surface area contributed by atoms with Gasteiger partial charge in [-0.1, -0.05) is 25.2 Å². The number of alkyl halides is 2. The zero-order valence-corrected chi connectivity index (χ0v) is 22.4. The van der Waals surface area contributed by atoms with Crippen molar-refractivity contribution >= 4 is 43.9 Å². The molecule has 1 aromatic carbocycles. The summed E-state index contributed by atoms with van der Waals surface area (Å²) in [7, 11) is -3.89. The fourth-order valence-electron chi connectivity index (χ4n) is 4.78. The zero-order valence-electron chi connectivity index (χ0n) is 20.8. The average Bonchev–Trinajstić information content (AvgIpc) is 3.49. The number of carbonyl (C=O) groups excluding carboxylic acids is 1. The summed E-state index contributed by atoms with van der Waals surface area (Å²) in [5.41, 5.74) is 0.579. The molecule has 1 aliphatic carbocycles. The van der Waals surface area contributed by atoms with E-state index in [1.54, 1.807) is 12.3 Å². The molecule has 0 unspecified atom stereocenters. The van der Waals surface area contributed by atoms with Crippen LogP contribution in [0.2, 0.25) is 0 Å². The number of sulfonamides is 1. The molecule has 0 bridgehead atoms. The Morgan fingerprint density at radius 3 is 2.41 bits per heavy atom. The fraction of sp³-hybridized carbons (Fsp3) is 0.565. The Kier molecular flexibility index (Phi) is 6.69. The highest BCUT2D eigenvalue weighted by atomic mass is 32.2. The molecule has 2 aliphatic rings. The van der Waals surface area contributed by atoms with Crippen LogP contribution in [0.5, 0.6) is 0 Å². The number of anilines is 1. The zero-order chi connectivity index (χ0) is 26.5. The summed E-state index contributed by atoms with van der Waals surface area (Å²) >= 11 is 0.703. The van der Waals surface area contributed by atoms with Crippen LogP contribution in [0.1, 0.15) is 51.5 Å². The number of aromatic nitrogens is 4. The number of hydrogen-bond donors (Lipinski definition) is 1. The molecule has 14 heteroatoms. The second-order valence-electron chi connectivity index (χ2n) is 10.1. The number of hydrogen-bond acceptors (Lipinski definition) is 8. The predicted octanol–water partition coefficient (Wildman–Crippen LogP) is 3.34. The number of rotatable bonds is 7. The maximum absolute atomic E-state index is 13.5. The van der Waals surface area contributed by atoms with E-state index in [9.17, 15) is 22.0 Å². The summed E-state index contributed by atoms with van der Waals surface area (Å²) in [6, 6.07) is 3.13. The van der Waals surface area contributed by atoms with Crippen molar-refractivity contribution in [2.24, 2.45) is 5.92 Å². The fourth-order valence-corrected chi connectivity index (χ4v) is 6.95. The van der Waals surface area contributed by atoms with Crippen LogP contribution < -0.4 is 9.62 Å². The number of nitrogens with one attached hydrogen (secondary N) is 1. The molecule has 3 aromatic rings. The van der Waals surface area contributed by atoms with Crippen molar-refractivity contribution in [2.45, 2.75) is 56.9 Å². The SMILES string of the molecule is CC(C)C(=O)N1CCN(c2cc(S(=O)(=O)NC3(C)CCC3)cc3c2cnn3-c2nnc(C(F)F)s2)CC1. The highest BCUT2D eigenvalue weighted by molar-refractivity contribution is 7.89. The number of nitrogens with zero attached hydrogens (tertiary/aromatic N) is 6. The van der Waals surface area contributed by atoms with Crippen molar-refractivity contribution in [1.29, 1.82) is 0 Å². The quantitative estimate of drug-likeness (QED) is 0.477. The molecule has 2 aromatic heterocycles. The van der Waals surface area contributed by atoms with E-state index in [2.05, 4.69) is 20.0 Å². The van der Waals surface area contributed by atoms with Gasteiger partial charge in [-0.3, -0.25) is 4.79 Å². The highest BCUT2D eigenvalue weighted by Gasteiger charge is 2.37. The van der Waals surface area contributed by atoms with Gasteiger partial charge in [-0.25, -0.2) is 26.6 Å². The standard InChI is InChI=1S/C23H29F2N7O3S2/c1-14(2)21(33)31-9-7-30(8-10-31)17-11-15(37(34,35)29-23(3)5-4-6-23)12-18-16(17)13-26-32(18)22-28-27-20(36-22)19(24)25/h11-14,19,29H,4-10H2,1-3H3. The van der Waals surface area contributed by atoms with Gasteiger partial charge < -0.3 is 9.80 Å². The van der Waals surface area contributed by atoms with E-state index < -0.39 is 27.0 Å². The number of benzene rings is 1. The second-order valence-corrected chi connectivity index (χ2v) is 12.8. The minimum absolute atomic E-state index is 0.0594.